The molecule has 0 bridgehead atoms. The fourth-order valence-electron chi connectivity index (χ4n) is 2.00. The van der Waals surface area contributed by atoms with Crippen molar-refractivity contribution in [3.63, 3.8) is 0 Å². The zero-order chi connectivity index (χ0) is 15.4. The third kappa shape index (κ3) is 4.28. The largest absolute Gasteiger partial charge is 0.484 e. The molecule has 0 saturated heterocycles. The Balaban J connectivity index is 2.30. The number of ether oxygens (including phenoxy) is 1. The molecule has 2 nitrogen and oxygen atoms in total. The molecule has 0 aliphatic carbocycles. The lowest BCUT2D eigenvalue weighted by atomic mass is 10.0. The van der Waals surface area contributed by atoms with Crippen molar-refractivity contribution >= 4 is 31.9 Å². The minimum atomic E-state index is -0.318. The average Bonchev–Trinajstić information content (AvgIpc) is 2.47. The monoisotopic (exact) mass is 415 g/mol. The van der Waals surface area contributed by atoms with Gasteiger partial charge in [0.15, 0.2) is 0 Å². The molecule has 21 heavy (non-hydrogen) atoms. The summed E-state index contributed by atoms with van der Waals surface area (Å²) in [7, 11) is 0. The molecule has 2 atom stereocenters. The molecule has 0 aliphatic heterocycles. The van der Waals surface area contributed by atoms with Crippen LogP contribution in [0, 0.1) is 5.82 Å². The van der Waals surface area contributed by atoms with Gasteiger partial charge in [0.2, 0.25) is 0 Å². The summed E-state index contributed by atoms with van der Waals surface area (Å²) in [5, 5.41) is 0. The summed E-state index contributed by atoms with van der Waals surface area (Å²) < 4.78 is 20.6. The number of benzene rings is 2. The molecule has 2 rings (SSSR count). The summed E-state index contributed by atoms with van der Waals surface area (Å²) in [6.07, 6.45) is 0.490. The molecule has 2 aromatic rings. The standard InChI is InChI=1S/C16H16Br2FNO/c1-2-15(20)16(10-4-3-5-11(17)8-10)21-12-6-7-14(19)13(18)9-12/h3-9,15-16H,2,20H2,1H3. The topological polar surface area (TPSA) is 35.2 Å². The van der Waals surface area contributed by atoms with Crippen LogP contribution in [0.2, 0.25) is 0 Å². The van der Waals surface area contributed by atoms with Crippen molar-refractivity contribution in [2.45, 2.75) is 25.5 Å². The van der Waals surface area contributed by atoms with Gasteiger partial charge < -0.3 is 10.5 Å². The van der Waals surface area contributed by atoms with E-state index in [1.165, 1.54) is 6.07 Å². The lowest BCUT2D eigenvalue weighted by Gasteiger charge is -2.25. The van der Waals surface area contributed by atoms with Gasteiger partial charge in [0.05, 0.1) is 4.47 Å². The first kappa shape index (κ1) is 16.5. The summed E-state index contributed by atoms with van der Waals surface area (Å²) >= 11 is 6.62. The van der Waals surface area contributed by atoms with Gasteiger partial charge in [-0.2, -0.15) is 0 Å². The van der Waals surface area contributed by atoms with Crippen molar-refractivity contribution < 1.29 is 9.13 Å². The summed E-state index contributed by atoms with van der Waals surface area (Å²) in [5.74, 6) is 0.262. The average molecular weight is 417 g/mol. The third-order valence-electron chi connectivity index (χ3n) is 3.19. The molecule has 0 spiro atoms. The summed E-state index contributed by atoms with van der Waals surface area (Å²) in [6, 6.07) is 12.3. The van der Waals surface area contributed by atoms with E-state index in [0.29, 0.717) is 10.2 Å². The van der Waals surface area contributed by atoms with E-state index in [2.05, 4.69) is 31.9 Å². The van der Waals surface area contributed by atoms with Crippen molar-refractivity contribution in [2.24, 2.45) is 5.73 Å². The van der Waals surface area contributed by atoms with Gasteiger partial charge in [0.1, 0.15) is 17.7 Å². The second-order valence-corrected chi connectivity index (χ2v) is 6.51. The van der Waals surface area contributed by atoms with Crippen LogP contribution in [0.4, 0.5) is 4.39 Å². The first-order valence-corrected chi connectivity index (χ1v) is 8.22. The molecular formula is C16H16Br2FNO. The SMILES string of the molecule is CCC(N)C(Oc1ccc(F)c(Br)c1)c1cccc(Br)c1. The first-order valence-electron chi connectivity index (χ1n) is 6.64. The number of nitrogens with two attached hydrogens (primary N) is 1. The molecule has 0 fully saturated rings. The van der Waals surface area contributed by atoms with Crippen LogP contribution in [0.1, 0.15) is 25.0 Å². The van der Waals surface area contributed by atoms with E-state index in [9.17, 15) is 4.39 Å². The van der Waals surface area contributed by atoms with Crippen molar-refractivity contribution in [1.29, 1.82) is 0 Å². The second kappa shape index (κ2) is 7.38. The second-order valence-electron chi connectivity index (χ2n) is 4.74. The highest BCUT2D eigenvalue weighted by Gasteiger charge is 2.21. The van der Waals surface area contributed by atoms with Crippen molar-refractivity contribution in [1.82, 2.24) is 0 Å². The molecular weight excluding hydrogens is 401 g/mol. The Hall–Kier alpha value is -0.910. The first-order chi connectivity index (χ1) is 10.0. The van der Waals surface area contributed by atoms with Gasteiger partial charge in [-0.25, -0.2) is 4.39 Å². The Kier molecular flexibility index (Phi) is 5.79. The fourth-order valence-corrected chi connectivity index (χ4v) is 2.77. The van der Waals surface area contributed by atoms with Gasteiger partial charge in [-0.3, -0.25) is 0 Å². The van der Waals surface area contributed by atoms with E-state index in [-0.39, 0.29) is 18.0 Å². The maximum absolute atomic E-state index is 13.3. The fraction of sp³-hybridized carbons (Fsp3) is 0.250. The van der Waals surface area contributed by atoms with Crippen LogP contribution < -0.4 is 10.5 Å². The van der Waals surface area contributed by atoms with E-state index < -0.39 is 0 Å². The van der Waals surface area contributed by atoms with Crippen LogP contribution in [0.5, 0.6) is 5.75 Å². The third-order valence-corrected chi connectivity index (χ3v) is 4.29. The van der Waals surface area contributed by atoms with Crippen LogP contribution in [0.25, 0.3) is 0 Å². The van der Waals surface area contributed by atoms with E-state index in [4.69, 9.17) is 10.5 Å². The molecule has 2 unspecified atom stereocenters. The predicted octanol–water partition coefficient (Wildman–Crippen LogP) is 5.21. The van der Waals surface area contributed by atoms with Gasteiger partial charge in [0, 0.05) is 10.5 Å². The maximum Gasteiger partial charge on any atom is 0.139 e. The summed E-state index contributed by atoms with van der Waals surface area (Å²) in [5.41, 5.74) is 7.17. The van der Waals surface area contributed by atoms with Gasteiger partial charge in [-0.15, -0.1) is 0 Å². The zero-order valence-electron chi connectivity index (χ0n) is 11.5. The Labute approximate surface area is 140 Å². The Morgan fingerprint density at radius 3 is 2.57 bits per heavy atom. The number of halogens is 3. The highest BCUT2D eigenvalue weighted by Crippen LogP contribution is 2.29. The predicted molar refractivity (Wildman–Crippen MR) is 89.9 cm³/mol. The number of hydrogen-bond donors (Lipinski definition) is 1. The van der Waals surface area contributed by atoms with Crippen LogP contribution in [-0.4, -0.2) is 6.04 Å². The molecule has 0 amide bonds. The Bertz CT molecular complexity index is 621. The van der Waals surface area contributed by atoms with Crippen molar-refractivity contribution in [3.8, 4) is 5.75 Å². The molecule has 2 N–H and O–H groups in total. The minimum Gasteiger partial charge on any atom is -0.484 e. The normalized spacial score (nSPS) is 13.8. The van der Waals surface area contributed by atoms with Crippen LogP contribution in [-0.2, 0) is 0 Å². The van der Waals surface area contributed by atoms with Gasteiger partial charge in [-0.1, -0.05) is 35.0 Å². The highest BCUT2D eigenvalue weighted by atomic mass is 79.9. The molecule has 0 heterocycles. The van der Waals surface area contributed by atoms with Crippen LogP contribution in [0.15, 0.2) is 51.4 Å². The van der Waals surface area contributed by atoms with Crippen LogP contribution >= 0.6 is 31.9 Å². The van der Waals surface area contributed by atoms with Gasteiger partial charge >= 0.3 is 0 Å². The van der Waals surface area contributed by atoms with Crippen LogP contribution in [0.3, 0.4) is 0 Å². The van der Waals surface area contributed by atoms with E-state index in [1.807, 2.05) is 31.2 Å². The molecule has 112 valence electrons. The van der Waals surface area contributed by atoms with Crippen molar-refractivity contribution in [3.05, 3.63) is 62.8 Å². The molecule has 2 aromatic carbocycles. The molecule has 0 saturated carbocycles. The molecule has 5 heteroatoms. The highest BCUT2D eigenvalue weighted by molar-refractivity contribution is 9.10. The number of hydrogen-bond acceptors (Lipinski definition) is 2. The van der Waals surface area contributed by atoms with E-state index in [0.717, 1.165) is 16.5 Å². The summed E-state index contributed by atoms with van der Waals surface area (Å²) in [6.45, 7) is 2.01. The Morgan fingerprint density at radius 2 is 1.95 bits per heavy atom. The minimum absolute atomic E-state index is 0.150. The smallest absolute Gasteiger partial charge is 0.139 e. The Morgan fingerprint density at radius 1 is 1.19 bits per heavy atom. The quantitative estimate of drug-likeness (QED) is 0.726. The number of rotatable bonds is 5. The summed E-state index contributed by atoms with van der Waals surface area (Å²) in [4.78, 5) is 0. The molecule has 0 aromatic heterocycles. The lowest BCUT2D eigenvalue weighted by Crippen LogP contribution is -2.31. The zero-order valence-corrected chi connectivity index (χ0v) is 14.7. The van der Waals surface area contributed by atoms with Gasteiger partial charge in [0.25, 0.3) is 0 Å². The lowest BCUT2D eigenvalue weighted by molar-refractivity contribution is 0.170. The van der Waals surface area contributed by atoms with E-state index in [1.54, 1.807) is 12.1 Å². The van der Waals surface area contributed by atoms with Crippen molar-refractivity contribution in [2.75, 3.05) is 0 Å². The molecule has 0 radical (unpaired) electrons. The maximum atomic E-state index is 13.3. The van der Waals surface area contributed by atoms with E-state index >= 15 is 0 Å². The van der Waals surface area contributed by atoms with Gasteiger partial charge in [-0.05, 0) is 58.2 Å². The molecule has 0 aliphatic rings.